The molecule has 35 heavy (non-hydrogen) atoms. The maximum Gasteiger partial charge on any atom is 0.412 e. The number of benzene rings is 1. The topological polar surface area (TPSA) is 60.0 Å². The molecule has 6 nitrogen and oxygen atoms in total. The standard InChI is InChI=1S/C27H52N2O4Si2/c1-25(2,3)22(32-34(10)11)18-29(19-23(26(4,5)6)33-35(12)13)21-16-14-20(15-17-21)28-24(30)31-27(7,8)9/h14-17,22-23,34-35H,18-19H2,1-13H3,(H,28,30). The van der Waals surface area contributed by atoms with Gasteiger partial charge in [-0.15, -0.1) is 0 Å². The average Bonchev–Trinajstić information content (AvgIpc) is 2.63. The van der Waals surface area contributed by atoms with Gasteiger partial charge in [-0.05, 0) is 82.1 Å². The Balaban J connectivity index is 3.26. The van der Waals surface area contributed by atoms with Gasteiger partial charge in [-0.25, -0.2) is 4.79 Å². The summed E-state index contributed by atoms with van der Waals surface area (Å²) < 4.78 is 18.4. The highest BCUT2D eigenvalue weighted by Gasteiger charge is 2.33. The normalized spacial score (nSPS) is 14.7. The first-order valence-corrected chi connectivity index (χ1v) is 18.5. The molecule has 0 spiro atoms. The lowest BCUT2D eigenvalue weighted by Gasteiger charge is -2.41. The molecule has 0 saturated heterocycles. The van der Waals surface area contributed by atoms with Crippen molar-refractivity contribution in [1.29, 1.82) is 0 Å². The van der Waals surface area contributed by atoms with E-state index in [2.05, 4.69) is 90.1 Å². The highest BCUT2D eigenvalue weighted by Crippen LogP contribution is 2.30. The van der Waals surface area contributed by atoms with Crippen LogP contribution in [0.4, 0.5) is 16.2 Å². The van der Waals surface area contributed by atoms with Crippen LogP contribution in [-0.4, -0.2) is 55.1 Å². The SMILES string of the molecule is C[SiH](C)OC(CN(CC(O[SiH](C)C)C(C)(C)C)c1ccc(NC(=O)OC(C)(C)C)cc1)C(C)(C)C. The van der Waals surface area contributed by atoms with Crippen molar-refractivity contribution in [3.05, 3.63) is 24.3 Å². The number of ether oxygens (including phenoxy) is 1. The third kappa shape index (κ3) is 12.4. The third-order valence-electron chi connectivity index (χ3n) is 5.45. The lowest BCUT2D eigenvalue weighted by Crippen LogP contribution is -2.49. The Kier molecular flexibility index (Phi) is 11.5. The first-order valence-electron chi connectivity index (χ1n) is 12.9. The molecule has 2 unspecified atom stereocenters. The van der Waals surface area contributed by atoms with Crippen LogP contribution in [0, 0.1) is 10.8 Å². The molecular weight excluding hydrogens is 472 g/mol. The predicted octanol–water partition coefficient (Wildman–Crippen LogP) is 6.67. The van der Waals surface area contributed by atoms with Crippen molar-refractivity contribution in [2.45, 2.75) is 106 Å². The predicted molar refractivity (Wildman–Crippen MR) is 155 cm³/mol. The zero-order valence-corrected chi connectivity index (χ0v) is 26.9. The van der Waals surface area contributed by atoms with Crippen LogP contribution in [0.25, 0.3) is 0 Å². The molecule has 1 amide bonds. The Morgan fingerprint density at radius 2 is 1.20 bits per heavy atom. The summed E-state index contributed by atoms with van der Waals surface area (Å²) in [6, 6.07) is 7.98. The molecule has 0 bridgehead atoms. The molecule has 0 aromatic heterocycles. The molecule has 0 aliphatic heterocycles. The number of anilines is 2. The number of hydrogen-bond acceptors (Lipinski definition) is 5. The highest BCUT2D eigenvalue weighted by molar-refractivity contribution is 6.48. The van der Waals surface area contributed by atoms with Crippen molar-refractivity contribution in [3.63, 3.8) is 0 Å². The fourth-order valence-electron chi connectivity index (χ4n) is 3.56. The highest BCUT2D eigenvalue weighted by atomic mass is 28.3. The molecule has 0 aliphatic carbocycles. The summed E-state index contributed by atoms with van der Waals surface area (Å²) in [5, 5.41) is 2.83. The van der Waals surface area contributed by atoms with Crippen LogP contribution in [0.15, 0.2) is 24.3 Å². The molecule has 0 saturated carbocycles. The average molecular weight is 525 g/mol. The molecule has 0 radical (unpaired) electrons. The fourth-order valence-corrected chi connectivity index (χ4v) is 5.86. The second kappa shape index (κ2) is 12.7. The van der Waals surface area contributed by atoms with Crippen LogP contribution in [0.3, 0.4) is 0 Å². The van der Waals surface area contributed by atoms with E-state index in [1.165, 1.54) is 0 Å². The van der Waals surface area contributed by atoms with Gasteiger partial charge in [0.2, 0.25) is 0 Å². The molecular formula is C27H52N2O4Si2. The number of rotatable bonds is 10. The van der Waals surface area contributed by atoms with Gasteiger partial charge >= 0.3 is 6.09 Å². The first kappa shape index (κ1) is 31.7. The smallest absolute Gasteiger partial charge is 0.412 e. The van der Waals surface area contributed by atoms with E-state index in [0.717, 1.165) is 18.8 Å². The Morgan fingerprint density at radius 1 is 0.800 bits per heavy atom. The number of carbonyl (C=O) groups is 1. The van der Waals surface area contributed by atoms with Gasteiger partial charge in [-0.1, -0.05) is 41.5 Å². The minimum Gasteiger partial charge on any atom is -0.444 e. The summed E-state index contributed by atoms with van der Waals surface area (Å²) >= 11 is 0. The van der Waals surface area contributed by atoms with Gasteiger partial charge in [0, 0.05) is 24.5 Å². The van der Waals surface area contributed by atoms with Crippen LogP contribution in [0.1, 0.15) is 62.3 Å². The molecule has 0 heterocycles. The van der Waals surface area contributed by atoms with E-state index in [4.69, 9.17) is 13.6 Å². The van der Waals surface area contributed by atoms with Crippen molar-refractivity contribution < 1.29 is 18.4 Å². The van der Waals surface area contributed by atoms with Gasteiger partial charge < -0.3 is 18.5 Å². The molecule has 1 N–H and O–H groups in total. The second-order valence-corrected chi connectivity index (χ2v) is 17.9. The Hall–Kier alpha value is -1.36. The number of carbonyl (C=O) groups excluding carboxylic acids is 1. The molecule has 202 valence electrons. The number of nitrogens with one attached hydrogen (secondary N) is 1. The van der Waals surface area contributed by atoms with Crippen molar-refractivity contribution >= 4 is 35.5 Å². The monoisotopic (exact) mass is 524 g/mol. The number of nitrogens with zero attached hydrogens (tertiary/aromatic N) is 1. The van der Waals surface area contributed by atoms with Gasteiger partial charge in [0.1, 0.15) is 5.60 Å². The van der Waals surface area contributed by atoms with Crippen LogP contribution in [-0.2, 0) is 13.6 Å². The minimum atomic E-state index is -1.23. The van der Waals surface area contributed by atoms with Gasteiger partial charge in [-0.3, -0.25) is 5.32 Å². The maximum atomic E-state index is 12.2. The Morgan fingerprint density at radius 3 is 1.51 bits per heavy atom. The fraction of sp³-hybridized carbons (Fsp3) is 0.741. The first-order chi connectivity index (χ1) is 15.8. The van der Waals surface area contributed by atoms with E-state index in [1.807, 2.05) is 32.9 Å². The van der Waals surface area contributed by atoms with E-state index in [9.17, 15) is 4.79 Å². The third-order valence-corrected chi connectivity index (χ3v) is 7.20. The summed E-state index contributed by atoms with van der Waals surface area (Å²) in [5.74, 6) is 0. The Bertz CT molecular complexity index is 748. The van der Waals surface area contributed by atoms with Crippen LogP contribution in [0.2, 0.25) is 26.2 Å². The van der Waals surface area contributed by atoms with Gasteiger partial charge in [0.05, 0.1) is 12.2 Å². The molecule has 8 heteroatoms. The van der Waals surface area contributed by atoms with Crippen LogP contribution >= 0.6 is 0 Å². The van der Waals surface area contributed by atoms with Crippen molar-refractivity contribution in [2.24, 2.45) is 10.8 Å². The minimum absolute atomic E-state index is 0.0125. The van der Waals surface area contributed by atoms with Crippen LogP contribution < -0.4 is 10.2 Å². The lowest BCUT2D eigenvalue weighted by molar-refractivity contribution is 0.0636. The summed E-state index contributed by atoms with van der Waals surface area (Å²) in [4.78, 5) is 14.6. The molecule has 2 atom stereocenters. The number of hydrogen-bond donors (Lipinski definition) is 1. The second-order valence-electron chi connectivity index (χ2n) is 13.2. The zero-order chi connectivity index (χ0) is 27.2. The maximum absolute atomic E-state index is 12.2. The van der Waals surface area contributed by atoms with Crippen LogP contribution in [0.5, 0.6) is 0 Å². The molecule has 1 aromatic carbocycles. The van der Waals surface area contributed by atoms with E-state index in [-0.39, 0.29) is 23.0 Å². The van der Waals surface area contributed by atoms with Crippen molar-refractivity contribution in [1.82, 2.24) is 0 Å². The van der Waals surface area contributed by atoms with E-state index in [1.54, 1.807) is 0 Å². The largest absolute Gasteiger partial charge is 0.444 e. The zero-order valence-electron chi connectivity index (χ0n) is 24.6. The number of amides is 1. The van der Waals surface area contributed by atoms with E-state index >= 15 is 0 Å². The summed E-state index contributed by atoms with van der Waals surface area (Å²) in [6.07, 6.45) is -0.246. The molecule has 1 aromatic rings. The van der Waals surface area contributed by atoms with Gasteiger partial charge in [0.25, 0.3) is 0 Å². The molecule has 1 rings (SSSR count). The molecule has 0 fully saturated rings. The Labute approximate surface area is 218 Å². The van der Waals surface area contributed by atoms with E-state index < -0.39 is 29.8 Å². The van der Waals surface area contributed by atoms with Gasteiger partial charge in [-0.2, -0.15) is 0 Å². The van der Waals surface area contributed by atoms with Crippen molar-refractivity contribution in [3.8, 4) is 0 Å². The molecule has 0 aliphatic rings. The lowest BCUT2D eigenvalue weighted by atomic mass is 9.87. The summed E-state index contributed by atoms with van der Waals surface area (Å²) in [6.45, 7) is 29.5. The summed E-state index contributed by atoms with van der Waals surface area (Å²) in [7, 11) is -2.46. The van der Waals surface area contributed by atoms with Crippen molar-refractivity contribution in [2.75, 3.05) is 23.3 Å². The quantitative estimate of drug-likeness (QED) is 0.346. The van der Waals surface area contributed by atoms with Gasteiger partial charge in [0.15, 0.2) is 18.1 Å². The summed E-state index contributed by atoms with van der Waals surface area (Å²) in [5.41, 5.74) is 1.28. The van der Waals surface area contributed by atoms with E-state index in [0.29, 0.717) is 5.69 Å².